The molecule has 5 rings (SSSR count). The van der Waals surface area contributed by atoms with Gasteiger partial charge >= 0.3 is 0 Å². The topological polar surface area (TPSA) is 58.8 Å². The third-order valence-electron chi connectivity index (χ3n) is 6.05. The van der Waals surface area contributed by atoms with Gasteiger partial charge in [-0.3, -0.25) is 4.79 Å². The molecule has 0 unspecified atom stereocenters. The highest BCUT2D eigenvalue weighted by Crippen LogP contribution is 2.29. The van der Waals surface area contributed by atoms with Gasteiger partial charge in [0.2, 0.25) is 5.89 Å². The number of amides is 1. The minimum atomic E-state index is -0.0770. The maximum atomic E-state index is 13.5. The van der Waals surface area contributed by atoms with Gasteiger partial charge < -0.3 is 19.0 Å². The van der Waals surface area contributed by atoms with Crippen LogP contribution in [0.4, 0.5) is 5.69 Å². The number of para-hydroxylation sites is 1. The predicted molar refractivity (Wildman–Crippen MR) is 133 cm³/mol. The number of oxazole rings is 1. The Bertz CT molecular complexity index is 1260. The predicted octanol–water partition coefficient (Wildman–Crippen LogP) is 5.12. The van der Waals surface area contributed by atoms with E-state index in [9.17, 15) is 4.79 Å². The van der Waals surface area contributed by atoms with Gasteiger partial charge in [-0.15, -0.1) is 0 Å². The molecule has 2 heterocycles. The maximum Gasteiger partial charge on any atom is 0.254 e. The summed E-state index contributed by atoms with van der Waals surface area (Å²) < 4.78 is 11.5. The van der Waals surface area contributed by atoms with Crippen molar-refractivity contribution in [3.05, 3.63) is 96.2 Å². The number of hydrogen-bond acceptors (Lipinski definition) is 5. The second-order valence-electron chi connectivity index (χ2n) is 8.33. The van der Waals surface area contributed by atoms with Crippen LogP contribution in [0.15, 0.2) is 89.5 Å². The summed E-state index contributed by atoms with van der Waals surface area (Å²) in [6.45, 7) is 3.65. The molecule has 1 amide bonds. The van der Waals surface area contributed by atoms with Crippen LogP contribution in [-0.4, -0.2) is 49.1 Å². The molecule has 0 N–H and O–H groups in total. The molecule has 4 aromatic rings. The lowest BCUT2D eigenvalue weighted by atomic mass is 10.1. The van der Waals surface area contributed by atoms with Crippen LogP contribution in [0.5, 0.6) is 0 Å². The van der Waals surface area contributed by atoms with E-state index < -0.39 is 0 Å². The van der Waals surface area contributed by atoms with Crippen molar-refractivity contribution in [2.75, 3.05) is 38.3 Å². The van der Waals surface area contributed by atoms with Crippen LogP contribution in [0, 0.1) is 0 Å². The van der Waals surface area contributed by atoms with Crippen molar-refractivity contribution >= 4 is 11.6 Å². The van der Waals surface area contributed by atoms with Crippen molar-refractivity contribution in [1.29, 1.82) is 0 Å². The molecule has 1 fully saturated rings. The number of benzene rings is 3. The SMILES string of the molecule is CN(Cc1ccccc1N1CCOCC1)C(=O)c1ccccc1-c1ncc(-c2ccccc2)o1. The lowest BCUT2D eigenvalue weighted by Crippen LogP contribution is -2.37. The monoisotopic (exact) mass is 453 g/mol. The molecule has 0 radical (unpaired) electrons. The number of hydrogen-bond donors (Lipinski definition) is 0. The summed E-state index contributed by atoms with van der Waals surface area (Å²) >= 11 is 0. The van der Waals surface area contributed by atoms with E-state index in [1.54, 1.807) is 11.1 Å². The molecule has 0 bridgehead atoms. The van der Waals surface area contributed by atoms with Gasteiger partial charge in [-0.2, -0.15) is 0 Å². The van der Waals surface area contributed by atoms with E-state index in [-0.39, 0.29) is 5.91 Å². The molecule has 172 valence electrons. The van der Waals surface area contributed by atoms with E-state index in [2.05, 4.69) is 22.0 Å². The molecule has 34 heavy (non-hydrogen) atoms. The van der Waals surface area contributed by atoms with Crippen LogP contribution in [0.25, 0.3) is 22.8 Å². The van der Waals surface area contributed by atoms with Crippen molar-refractivity contribution in [3.8, 4) is 22.8 Å². The summed E-state index contributed by atoms with van der Waals surface area (Å²) in [5.74, 6) is 1.03. The average Bonchev–Trinajstić information content (AvgIpc) is 3.40. The van der Waals surface area contributed by atoms with Crippen LogP contribution in [0.1, 0.15) is 15.9 Å². The minimum absolute atomic E-state index is 0.0770. The van der Waals surface area contributed by atoms with Crippen LogP contribution in [-0.2, 0) is 11.3 Å². The number of ether oxygens (including phenoxy) is 1. The van der Waals surface area contributed by atoms with Crippen LogP contribution >= 0.6 is 0 Å². The summed E-state index contributed by atoms with van der Waals surface area (Å²) in [6.07, 6.45) is 1.70. The maximum absolute atomic E-state index is 13.5. The zero-order chi connectivity index (χ0) is 23.3. The molecule has 0 spiro atoms. The van der Waals surface area contributed by atoms with Gasteiger partial charge in [-0.05, 0) is 23.8 Å². The number of aromatic nitrogens is 1. The van der Waals surface area contributed by atoms with Crippen LogP contribution in [0.2, 0.25) is 0 Å². The number of anilines is 1. The van der Waals surface area contributed by atoms with E-state index in [0.717, 1.165) is 43.1 Å². The van der Waals surface area contributed by atoms with E-state index in [1.165, 1.54) is 0 Å². The molecular formula is C28H27N3O3. The van der Waals surface area contributed by atoms with E-state index in [0.29, 0.717) is 29.3 Å². The first-order valence-electron chi connectivity index (χ1n) is 11.5. The first-order chi connectivity index (χ1) is 16.7. The van der Waals surface area contributed by atoms with Gasteiger partial charge in [-0.1, -0.05) is 60.7 Å². The highest BCUT2D eigenvalue weighted by molar-refractivity contribution is 6.00. The zero-order valence-corrected chi connectivity index (χ0v) is 19.2. The van der Waals surface area contributed by atoms with Crippen LogP contribution < -0.4 is 4.90 Å². The molecule has 6 heteroatoms. The van der Waals surface area contributed by atoms with E-state index >= 15 is 0 Å². The molecule has 1 aliphatic heterocycles. The van der Waals surface area contributed by atoms with Crippen LogP contribution in [0.3, 0.4) is 0 Å². The van der Waals surface area contributed by atoms with Crippen molar-refractivity contribution in [3.63, 3.8) is 0 Å². The standard InChI is InChI=1S/C28H27N3O3/c1-30(20-22-11-5-8-14-25(22)31-15-17-33-18-16-31)28(32)24-13-7-6-12-23(24)27-29-19-26(34-27)21-9-3-2-4-10-21/h2-14,19H,15-18,20H2,1H3. The lowest BCUT2D eigenvalue weighted by Gasteiger charge is -2.31. The molecule has 1 aromatic heterocycles. The molecule has 6 nitrogen and oxygen atoms in total. The third-order valence-corrected chi connectivity index (χ3v) is 6.05. The average molecular weight is 454 g/mol. The Morgan fingerprint density at radius 2 is 1.65 bits per heavy atom. The fraction of sp³-hybridized carbons (Fsp3) is 0.214. The van der Waals surface area contributed by atoms with E-state index in [4.69, 9.17) is 9.15 Å². The van der Waals surface area contributed by atoms with Gasteiger partial charge in [0, 0.05) is 43.5 Å². The highest BCUT2D eigenvalue weighted by Gasteiger charge is 2.22. The van der Waals surface area contributed by atoms with Gasteiger partial charge in [0.1, 0.15) is 0 Å². The largest absolute Gasteiger partial charge is 0.436 e. The quantitative estimate of drug-likeness (QED) is 0.406. The summed E-state index contributed by atoms with van der Waals surface area (Å²) in [6, 6.07) is 25.5. The Hall–Kier alpha value is -3.90. The Morgan fingerprint density at radius 3 is 2.47 bits per heavy atom. The summed E-state index contributed by atoms with van der Waals surface area (Å²) in [7, 11) is 1.83. The molecule has 1 saturated heterocycles. The Morgan fingerprint density at radius 1 is 0.941 bits per heavy atom. The smallest absolute Gasteiger partial charge is 0.254 e. The molecule has 1 aliphatic rings. The van der Waals surface area contributed by atoms with Gasteiger partial charge in [0.05, 0.1) is 25.0 Å². The Labute approximate surface area is 199 Å². The molecular weight excluding hydrogens is 426 g/mol. The van der Waals surface area contributed by atoms with E-state index in [1.807, 2.05) is 73.8 Å². The minimum Gasteiger partial charge on any atom is -0.436 e. The highest BCUT2D eigenvalue weighted by atomic mass is 16.5. The summed E-state index contributed by atoms with van der Waals surface area (Å²) in [5, 5.41) is 0. The van der Waals surface area contributed by atoms with Gasteiger partial charge in [-0.25, -0.2) is 4.98 Å². The molecule has 0 aliphatic carbocycles. The Kier molecular flexibility index (Phi) is 6.40. The number of nitrogens with zero attached hydrogens (tertiary/aromatic N) is 3. The molecule has 3 aromatic carbocycles. The second-order valence-corrected chi connectivity index (χ2v) is 8.33. The van der Waals surface area contributed by atoms with Crippen molar-refractivity contribution < 1.29 is 13.9 Å². The summed E-state index contributed by atoms with van der Waals surface area (Å²) in [5.41, 5.74) is 4.46. The fourth-order valence-corrected chi connectivity index (χ4v) is 4.28. The number of morpholine rings is 1. The normalized spacial score (nSPS) is 13.6. The van der Waals surface area contributed by atoms with Crippen molar-refractivity contribution in [1.82, 2.24) is 9.88 Å². The second kappa shape index (κ2) is 9.93. The third kappa shape index (κ3) is 4.58. The zero-order valence-electron chi connectivity index (χ0n) is 19.2. The first-order valence-corrected chi connectivity index (χ1v) is 11.5. The van der Waals surface area contributed by atoms with Crippen molar-refractivity contribution in [2.45, 2.75) is 6.54 Å². The number of rotatable bonds is 6. The van der Waals surface area contributed by atoms with Gasteiger partial charge in [0.25, 0.3) is 5.91 Å². The number of carbonyl (C=O) groups excluding carboxylic acids is 1. The summed E-state index contributed by atoms with van der Waals surface area (Å²) in [4.78, 5) is 22.1. The van der Waals surface area contributed by atoms with Crippen molar-refractivity contribution in [2.24, 2.45) is 0 Å². The molecule has 0 saturated carbocycles. The molecule has 0 atom stereocenters. The lowest BCUT2D eigenvalue weighted by molar-refractivity contribution is 0.0785. The first kappa shape index (κ1) is 21.9. The Balaban J connectivity index is 1.39. The van der Waals surface area contributed by atoms with Gasteiger partial charge in [0.15, 0.2) is 5.76 Å². The fourth-order valence-electron chi connectivity index (χ4n) is 4.28. The number of carbonyl (C=O) groups is 1.